The predicted octanol–water partition coefficient (Wildman–Crippen LogP) is 4.25. The third kappa shape index (κ3) is 3.61. The molecule has 0 saturated carbocycles. The number of halogens is 2. The third-order valence-corrected chi connectivity index (χ3v) is 3.25. The standard InChI is InChI=1S/C18H15F2N3O2/c1-10(2)25-18-16(20)14(9-22)13(8-21)15(19)17(18)23-11-5-4-6-12(7-11)24-3/h4-7,10,23H,1-3H3. The molecule has 2 rings (SSSR count). The highest BCUT2D eigenvalue weighted by atomic mass is 19.1. The van der Waals surface area contributed by atoms with Gasteiger partial charge in [0.1, 0.15) is 34.7 Å². The molecule has 0 heterocycles. The molecule has 0 aliphatic heterocycles. The molecule has 25 heavy (non-hydrogen) atoms. The highest BCUT2D eigenvalue weighted by Crippen LogP contribution is 2.38. The van der Waals surface area contributed by atoms with Crippen LogP contribution in [0.5, 0.6) is 11.5 Å². The second-order valence-corrected chi connectivity index (χ2v) is 5.33. The van der Waals surface area contributed by atoms with Crippen LogP contribution in [0.4, 0.5) is 20.2 Å². The van der Waals surface area contributed by atoms with Gasteiger partial charge in [0.2, 0.25) is 0 Å². The van der Waals surface area contributed by atoms with Crippen molar-refractivity contribution in [1.82, 2.24) is 0 Å². The Kier molecular flexibility index (Phi) is 5.41. The summed E-state index contributed by atoms with van der Waals surface area (Å²) in [4.78, 5) is 0. The van der Waals surface area contributed by atoms with E-state index in [1.165, 1.54) is 19.2 Å². The van der Waals surface area contributed by atoms with Gasteiger partial charge < -0.3 is 14.8 Å². The summed E-state index contributed by atoms with van der Waals surface area (Å²) < 4.78 is 39.9. The molecule has 2 aromatic rings. The van der Waals surface area contributed by atoms with Crippen molar-refractivity contribution in [3.63, 3.8) is 0 Å². The van der Waals surface area contributed by atoms with Crippen LogP contribution in [0.2, 0.25) is 0 Å². The van der Waals surface area contributed by atoms with E-state index in [9.17, 15) is 8.78 Å². The summed E-state index contributed by atoms with van der Waals surface area (Å²) in [6.45, 7) is 3.27. The van der Waals surface area contributed by atoms with Crippen LogP contribution in [0.3, 0.4) is 0 Å². The predicted molar refractivity (Wildman–Crippen MR) is 87.8 cm³/mol. The number of anilines is 2. The van der Waals surface area contributed by atoms with E-state index in [1.807, 2.05) is 0 Å². The Hall–Kier alpha value is -3.32. The number of hydrogen-bond acceptors (Lipinski definition) is 5. The minimum Gasteiger partial charge on any atom is -0.497 e. The maximum Gasteiger partial charge on any atom is 0.186 e. The molecular weight excluding hydrogens is 328 g/mol. The Bertz CT molecular complexity index is 883. The second kappa shape index (κ2) is 7.50. The number of nitriles is 2. The Morgan fingerprint density at radius 2 is 1.72 bits per heavy atom. The molecule has 0 radical (unpaired) electrons. The maximum atomic E-state index is 14.8. The van der Waals surface area contributed by atoms with Crippen LogP contribution >= 0.6 is 0 Å². The summed E-state index contributed by atoms with van der Waals surface area (Å²) in [7, 11) is 1.47. The Balaban J connectivity index is 2.67. The zero-order valence-electron chi connectivity index (χ0n) is 13.9. The molecular formula is C18H15F2N3O2. The van der Waals surface area contributed by atoms with Crippen molar-refractivity contribution in [2.24, 2.45) is 0 Å². The van der Waals surface area contributed by atoms with Gasteiger partial charge in [0.05, 0.1) is 13.2 Å². The third-order valence-electron chi connectivity index (χ3n) is 3.25. The first-order valence-electron chi connectivity index (χ1n) is 7.35. The fourth-order valence-electron chi connectivity index (χ4n) is 2.18. The molecule has 0 amide bonds. The van der Waals surface area contributed by atoms with Crippen molar-refractivity contribution >= 4 is 11.4 Å². The lowest BCUT2D eigenvalue weighted by atomic mass is 10.1. The van der Waals surface area contributed by atoms with Crippen molar-refractivity contribution in [1.29, 1.82) is 10.5 Å². The highest BCUT2D eigenvalue weighted by molar-refractivity contribution is 5.73. The van der Waals surface area contributed by atoms with E-state index in [1.54, 1.807) is 38.1 Å². The van der Waals surface area contributed by atoms with E-state index in [0.717, 1.165) is 0 Å². The number of rotatable bonds is 5. The van der Waals surface area contributed by atoms with Gasteiger partial charge in [0.25, 0.3) is 0 Å². The van der Waals surface area contributed by atoms with E-state index in [0.29, 0.717) is 11.4 Å². The Morgan fingerprint density at radius 1 is 1.08 bits per heavy atom. The summed E-state index contributed by atoms with van der Waals surface area (Å²) in [6, 6.07) is 9.57. The van der Waals surface area contributed by atoms with Crippen LogP contribution in [0, 0.1) is 34.3 Å². The molecule has 2 aromatic carbocycles. The average molecular weight is 343 g/mol. The second-order valence-electron chi connectivity index (χ2n) is 5.33. The number of methoxy groups -OCH3 is 1. The topological polar surface area (TPSA) is 78.1 Å². The Labute approximate surface area is 144 Å². The van der Waals surface area contributed by atoms with Gasteiger partial charge in [-0.1, -0.05) is 6.07 Å². The normalized spacial score (nSPS) is 10.1. The molecule has 7 heteroatoms. The summed E-state index contributed by atoms with van der Waals surface area (Å²) in [5.41, 5.74) is -1.32. The number of ether oxygens (including phenoxy) is 2. The van der Waals surface area contributed by atoms with Gasteiger partial charge >= 0.3 is 0 Å². The van der Waals surface area contributed by atoms with Gasteiger partial charge in [0, 0.05) is 11.8 Å². The molecule has 1 N–H and O–H groups in total. The Morgan fingerprint density at radius 3 is 2.28 bits per heavy atom. The largest absolute Gasteiger partial charge is 0.497 e. The van der Waals surface area contributed by atoms with Gasteiger partial charge in [-0.3, -0.25) is 0 Å². The van der Waals surface area contributed by atoms with Gasteiger partial charge in [-0.2, -0.15) is 10.5 Å². The van der Waals surface area contributed by atoms with E-state index in [2.05, 4.69) is 5.32 Å². The average Bonchev–Trinajstić information content (AvgIpc) is 2.60. The van der Waals surface area contributed by atoms with Crippen molar-refractivity contribution < 1.29 is 18.3 Å². The minimum absolute atomic E-state index is 0.352. The molecule has 0 unspecified atom stereocenters. The van der Waals surface area contributed by atoms with E-state index in [-0.39, 0.29) is 5.69 Å². The zero-order valence-corrected chi connectivity index (χ0v) is 13.9. The number of nitrogens with zero attached hydrogens (tertiary/aromatic N) is 2. The maximum absolute atomic E-state index is 14.8. The van der Waals surface area contributed by atoms with Crippen molar-refractivity contribution in [2.75, 3.05) is 12.4 Å². The first-order chi connectivity index (χ1) is 11.9. The molecule has 0 spiro atoms. The quantitative estimate of drug-likeness (QED) is 0.878. The number of benzene rings is 2. The van der Waals surface area contributed by atoms with Crippen molar-refractivity contribution in [2.45, 2.75) is 20.0 Å². The lowest BCUT2D eigenvalue weighted by Crippen LogP contribution is -2.12. The first-order valence-corrected chi connectivity index (χ1v) is 7.35. The smallest absolute Gasteiger partial charge is 0.186 e. The molecule has 128 valence electrons. The fourth-order valence-corrected chi connectivity index (χ4v) is 2.18. The molecule has 0 fully saturated rings. The van der Waals surface area contributed by atoms with Gasteiger partial charge in [-0.15, -0.1) is 0 Å². The first kappa shape index (κ1) is 18.0. The molecule has 0 aromatic heterocycles. The van der Waals surface area contributed by atoms with E-state index >= 15 is 0 Å². The van der Waals surface area contributed by atoms with Gasteiger partial charge in [-0.25, -0.2) is 8.78 Å². The van der Waals surface area contributed by atoms with Crippen LogP contribution in [-0.4, -0.2) is 13.2 Å². The number of nitrogens with one attached hydrogen (secondary N) is 1. The lowest BCUT2D eigenvalue weighted by Gasteiger charge is -2.19. The van der Waals surface area contributed by atoms with Crippen molar-refractivity contribution in [3.05, 3.63) is 47.0 Å². The molecule has 0 aliphatic rings. The van der Waals surface area contributed by atoms with Crippen LogP contribution < -0.4 is 14.8 Å². The van der Waals surface area contributed by atoms with Crippen LogP contribution in [0.25, 0.3) is 0 Å². The van der Waals surface area contributed by atoms with Crippen LogP contribution in [-0.2, 0) is 0 Å². The monoisotopic (exact) mass is 343 g/mol. The van der Waals surface area contributed by atoms with Gasteiger partial charge in [-0.05, 0) is 26.0 Å². The molecule has 0 atom stereocenters. The molecule has 0 saturated heterocycles. The van der Waals surface area contributed by atoms with E-state index < -0.39 is 34.6 Å². The molecule has 5 nitrogen and oxygen atoms in total. The summed E-state index contributed by atoms with van der Waals surface area (Å²) in [6.07, 6.45) is -0.473. The van der Waals surface area contributed by atoms with Crippen LogP contribution in [0.15, 0.2) is 24.3 Å². The van der Waals surface area contributed by atoms with Gasteiger partial charge in [0.15, 0.2) is 17.4 Å². The summed E-state index contributed by atoms with van der Waals surface area (Å²) >= 11 is 0. The fraction of sp³-hybridized carbons (Fsp3) is 0.222. The minimum atomic E-state index is -1.08. The highest BCUT2D eigenvalue weighted by Gasteiger charge is 2.27. The van der Waals surface area contributed by atoms with Crippen molar-refractivity contribution in [3.8, 4) is 23.6 Å². The zero-order chi connectivity index (χ0) is 18.6. The summed E-state index contributed by atoms with van der Waals surface area (Å²) in [5.74, 6) is -2.09. The summed E-state index contributed by atoms with van der Waals surface area (Å²) in [5, 5.41) is 20.9. The lowest BCUT2D eigenvalue weighted by molar-refractivity contribution is 0.231. The number of hydrogen-bond donors (Lipinski definition) is 1. The molecule has 0 bridgehead atoms. The van der Waals surface area contributed by atoms with Crippen LogP contribution in [0.1, 0.15) is 25.0 Å². The van der Waals surface area contributed by atoms with E-state index in [4.69, 9.17) is 20.0 Å². The molecule has 0 aliphatic carbocycles. The SMILES string of the molecule is COc1cccc(Nc2c(F)c(C#N)c(C#N)c(F)c2OC(C)C)c1.